The largest absolute Gasteiger partial charge is 0.490 e. The summed E-state index contributed by atoms with van der Waals surface area (Å²) in [5.41, 5.74) is -0.717. The van der Waals surface area contributed by atoms with E-state index in [2.05, 4.69) is 0 Å². The second-order valence-electron chi connectivity index (χ2n) is 4.30. The average molecular weight is 226 g/mol. The van der Waals surface area contributed by atoms with Gasteiger partial charge in [-0.25, -0.2) is 4.39 Å². The molecular formula is C12H15FO3. The lowest BCUT2D eigenvalue weighted by atomic mass is 10.1. The van der Waals surface area contributed by atoms with Crippen molar-refractivity contribution in [3.05, 3.63) is 29.6 Å². The molecule has 0 fully saturated rings. The van der Waals surface area contributed by atoms with Crippen molar-refractivity contribution in [2.45, 2.75) is 26.4 Å². The highest BCUT2D eigenvalue weighted by molar-refractivity contribution is 5.96. The highest BCUT2D eigenvalue weighted by Gasteiger charge is 2.16. The first kappa shape index (κ1) is 12.6. The predicted octanol–water partition coefficient (Wildman–Crippen LogP) is 2.18. The fraction of sp³-hybridized carbons (Fsp3) is 0.417. The normalized spacial score (nSPS) is 11.3. The zero-order valence-corrected chi connectivity index (χ0v) is 9.58. The Bertz CT molecular complexity index is 394. The summed E-state index contributed by atoms with van der Waals surface area (Å²) >= 11 is 0. The predicted molar refractivity (Wildman–Crippen MR) is 58.2 cm³/mol. The lowest BCUT2D eigenvalue weighted by Crippen LogP contribution is -2.28. The van der Waals surface area contributed by atoms with Crippen LogP contribution < -0.4 is 4.74 Å². The van der Waals surface area contributed by atoms with Gasteiger partial charge in [0.2, 0.25) is 0 Å². The van der Waals surface area contributed by atoms with Crippen molar-refractivity contribution in [3.8, 4) is 5.75 Å². The van der Waals surface area contributed by atoms with Crippen molar-refractivity contribution in [3.63, 3.8) is 0 Å². The molecule has 0 aliphatic rings. The third-order valence-electron chi connectivity index (χ3n) is 1.90. The third kappa shape index (κ3) is 3.62. The van der Waals surface area contributed by atoms with Gasteiger partial charge in [-0.1, -0.05) is 0 Å². The van der Waals surface area contributed by atoms with Gasteiger partial charge < -0.3 is 9.84 Å². The Balaban J connectivity index is 2.93. The molecule has 0 aromatic heterocycles. The molecule has 1 aromatic carbocycles. The van der Waals surface area contributed by atoms with Crippen molar-refractivity contribution in [2.24, 2.45) is 0 Å². The number of aliphatic hydroxyl groups is 1. The lowest BCUT2D eigenvalue weighted by Gasteiger charge is -2.18. The lowest BCUT2D eigenvalue weighted by molar-refractivity contribution is 0.0280. The van der Waals surface area contributed by atoms with Crippen LogP contribution in [0.25, 0.3) is 0 Å². The smallest absolute Gasteiger partial charge is 0.163 e. The number of ether oxygens (including phenoxy) is 1. The highest BCUT2D eigenvalue weighted by atomic mass is 19.1. The number of Topliss-reactive ketones (excluding diaryl/α,β-unsaturated/α-hetero) is 1. The molecule has 0 aliphatic carbocycles. The van der Waals surface area contributed by atoms with Gasteiger partial charge in [0.05, 0.1) is 11.2 Å². The van der Waals surface area contributed by atoms with Gasteiger partial charge >= 0.3 is 0 Å². The van der Waals surface area contributed by atoms with Crippen LogP contribution in [0.4, 0.5) is 4.39 Å². The molecule has 0 saturated carbocycles. The van der Waals surface area contributed by atoms with Gasteiger partial charge in [0, 0.05) is 6.07 Å². The number of carbonyl (C=O) groups excluding carboxylic acids is 1. The van der Waals surface area contributed by atoms with Crippen molar-refractivity contribution in [2.75, 3.05) is 6.61 Å². The maximum absolute atomic E-state index is 13.0. The Morgan fingerprint density at radius 3 is 2.62 bits per heavy atom. The van der Waals surface area contributed by atoms with E-state index in [-0.39, 0.29) is 18.1 Å². The number of halogens is 1. The fourth-order valence-corrected chi connectivity index (χ4v) is 1.16. The van der Waals surface area contributed by atoms with Crippen molar-refractivity contribution in [1.29, 1.82) is 0 Å². The minimum Gasteiger partial charge on any atom is -0.490 e. The van der Waals surface area contributed by atoms with Gasteiger partial charge in [-0.3, -0.25) is 4.79 Å². The molecule has 1 aromatic rings. The second-order valence-corrected chi connectivity index (χ2v) is 4.30. The monoisotopic (exact) mass is 226 g/mol. The first-order valence-corrected chi connectivity index (χ1v) is 4.95. The van der Waals surface area contributed by atoms with Crippen LogP contribution in [0.15, 0.2) is 18.2 Å². The summed E-state index contributed by atoms with van der Waals surface area (Å²) in [6, 6.07) is 3.72. The number of benzene rings is 1. The third-order valence-corrected chi connectivity index (χ3v) is 1.90. The number of hydrogen-bond acceptors (Lipinski definition) is 3. The van der Waals surface area contributed by atoms with Crippen molar-refractivity contribution >= 4 is 5.78 Å². The van der Waals surface area contributed by atoms with E-state index in [1.165, 1.54) is 19.1 Å². The Kier molecular flexibility index (Phi) is 3.65. The van der Waals surface area contributed by atoms with Crippen LogP contribution in [0, 0.1) is 5.82 Å². The summed E-state index contributed by atoms with van der Waals surface area (Å²) in [6.07, 6.45) is 0. The molecule has 0 saturated heterocycles. The van der Waals surface area contributed by atoms with E-state index in [1.54, 1.807) is 13.8 Å². The van der Waals surface area contributed by atoms with Crippen molar-refractivity contribution < 1.29 is 19.0 Å². The number of hydrogen-bond donors (Lipinski definition) is 1. The van der Waals surface area contributed by atoms with Crippen LogP contribution in [0.2, 0.25) is 0 Å². The van der Waals surface area contributed by atoms with Gasteiger partial charge in [-0.2, -0.15) is 0 Å². The van der Waals surface area contributed by atoms with E-state index in [4.69, 9.17) is 4.74 Å². The number of carbonyl (C=O) groups is 1. The zero-order chi connectivity index (χ0) is 12.3. The molecule has 0 spiro atoms. The minimum atomic E-state index is -1.03. The molecule has 88 valence electrons. The maximum Gasteiger partial charge on any atom is 0.163 e. The molecule has 0 radical (unpaired) electrons. The van der Waals surface area contributed by atoms with E-state index >= 15 is 0 Å². The quantitative estimate of drug-likeness (QED) is 0.800. The summed E-state index contributed by atoms with van der Waals surface area (Å²) in [7, 11) is 0. The topological polar surface area (TPSA) is 46.5 Å². The zero-order valence-electron chi connectivity index (χ0n) is 9.58. The molecule has 4 heteroatoms. The molecule has 0 aliphatic heterocycles. The van der Waals surface area contributed by atoms with Crippen LogP contribution in [0.5, 0.6) is 5.75 Å². The summed E-state index contributed by atoms with van der Waals surface area (Å²) < 4.78 is 18.2. The molecule has 1 rings (SSSR count). The Labute approximate surface area is 93.9 Å². The Morgan fingerprint density at radius 1 is 1.50 bits per heavy atom. The fourth-order valence-electron chi connectivity index (χ4n) is 1.16. The van der Waals surface area contributed by atoms with Gasteiger partial charge in [0.25, 0.3) is 0 Å². The molecule has 0 amide bonds. The summed E-state index contributed by atoms with van der Waals surface area (Å²) in [4.78, 5) is 11.2. The van der Waals surface area contributed by atoms with Gasteiger partial charge in [-0.05, 0) is 32.9 Å². The van der Waals surface area contributed by atoms with Gasteiger partial charge in [0.15, 0.2) is 5.78 Å². The van der Waals surface area contributed by atoms with Crippen LogP contribution in [0.3, 0.4) is 0 Å². The molecule has 0 bridgehead atoms. The summed E-state index contributed by atoms with van der Waals surface area (Å²) in [6.45, 7) is 4.51. The second kappa shape index (κ2) is 4.61. The van der Waals surface area contributed by atoms with Gasteiger partial charge in [0.1, 0.15) is 18.2 Å². The molecule has 16 heavy (non-hydrogen) atoms. The average Bonchev–Trinajstić information content (AvgIpc) is 2.13. The first-order chi connectivity index (χ1) is 7.29. The number of rotatable bonds is 4. The number of ketones is 1. The maximum atomic E-state index is 13.0. The molecule has 1 N–H and O–H groups in total. The van der Waals surface area contributed by atoms with E-state index < -0.39 is 11.4 Å². The SMILES string of the molecule is CC(=O)c1ccc(F)cc1OCC(C)(C)O. The molecule has 0 heterocycles. The Morgan fingerprint density at radius 2 is 2.12 bits per heavy atom. The van der Waals surface area contributed by atoms with Gasteiger partial charge in [-0.15, -0.1) is 0 Å². The van der Waals surface area contributed by atoms with Crippen LogP contribution in [-0.4, -0.2) is 23.1 Å². The van der Waals surface area contributed by atoms with Crippen molar-refractivity contribution in [1.82, 2.24) is 0 Å². The first-order valence-electron chi connectivity index (χ1n) is 4.95. The van der Waals surface area contributed by atoms with E-state index in [0.717, 1.165) is 6.07 Å². The van der Waals surface area contributed by atoms with Crippen LogP contribution in [-0.2, 0) is 0 Å². The van der Waals surface area contributed by atoms with Crippen LogP contribution in [0.1, 0.15) is 31.1 Å². The summed E-state index contributed by atoms with van der Waals surface area (Å²) in [5, 5.41) is 9.47. The van der Waals surface area contributed by atoms with E-state index in [1.807, 2.05) is 0 Å². The molecule has 3 nitrogen and oxygen atoms in total. The molecule has 0 unspecified atom stereocenters. The highest BCUT2D eigenvalue weighted by Crippen LogP contribution is 2.21. The Hall–Kier alpha value is -1.42. The standard InChI is InChI=1S/C12H15FO3/c1-8(14)10-5-4-9(13)6-11(10)16-7-12(2,3)15/h4-6,15H,7H2,1-3H3. The summed E-state index contributed by atoms with van der Waals surface area (Å²) in [5.74, 6) is -0.517. The van der Waals surface area contributed by atoms with E-state index in [0.29, 0.717) is 5.56 Å². The molecular weight excluding hydrogens is 211 g/mol. The van der Waals surface area contributed by atoms with E-state index in [9.17, 15) is 14.3 Å². The van der Waals surface area contributed by atoms with Crippen LogP contribution >= 0.6 is 0 Å². The minimum absolute atomic E-state index is 0.00324. The molecule has 0 atom stereocenters.